The van der Waals surface area contributed by atoms with Crippen molar-refractivity contribution in [3.63, 3.8) is 0 Å². The highest BCUT2D eigenvalue weighted by Crippen LogP contribution is 2.24. The van der Waals surface area contributed by atoms with Crippen LogP contribution in [-0.4, -0.2) is 27.0 Å². The molecule has 1 nitrogen and oxygen atoms in total. The first kappa shape index (κ1) is 11.7. The van der Waals surface area contributed by atoms with Gasteiger partial charge in [-0.25, -0.2) is 0 Å². The molecule has 0 aromatic carbocycles. The van der Waals surface area contributed by atoms with E-state index in [0.29, 0.717) is 15.7 Å². The minimum Gasteiger partial charge on any atom is -0.392 e. The molecule has 0 aromatic heterocycles. The lowest BCUT2D eigenvalue weighted by molar-refractivity contribution is 0.196. The molecule has 0 radical (unpaired) electrons. The zero-order chi connectivity index (χ0) is 9.02. The normalized spacial score (nSPS) is 22.4. The summed E-state index contributed by atoms with van der Waals surface area (Å²) in [4.78, 5) is 0. The van der Waals surface area contributed by atoms with E-state index in [1.165, 1.54) is 0 Å². The second-order valence-corrected chi connectivity index (χ2v) is 5.60. The number of hydrogen-bond donors (Lipinski definition) is 2. The van der Waals surface area contributed by atoms with Gasteiger partial charge < -0.3 is 5.11 Å². The van der Waals surface area contributed by atoms with E-state index in [2.05, 4.69) is 26.5 Å². The molecule has 4 atom stereocenters. The summed E-state index contributed by atoms with van der Waals surface area (Å²) in [7, 11) is 0. The van der Waals surface area contributed by atoms with E-state index >= 15 is 0 Å². The monoisotopic (exact) mass is 194 g/mol. The highest BCUT2D eigenvalue weighted by atomic mass is 32.2. The van der Waals surface area contributed by atoms with Crippen molar-refractivity contribution in [1.82, 2.24) is 0 Å². The Hall–Kier alpha value is 0.660. The van der Waals surface area contributed by atoms with Gasteiger partial charge in [0.25, 0.3) is 0 Å². The molecule has 0 saturated carbocycles. The van der Waals surface area contributed by atoms with Crippen LogP contribution in [0.1, 0.15) is 27.7 Å². The van der Waals surface area contributed by atoms with Gasteiger partial charge in [0.2, 0.25) is 0 Å². The maximum atomic E-state index is 9.21. The van der Waals surface area contributed by atoms with Gasteiger partial charge in [-0.3, -0.25) is 0 Å². The van der Waals surface area contributed by atoms with E-state index in [0.717, 1.165) is 0 Å². The molecule has 0 aliphatic rings. The van der Waals surface area contributed by atoms with Gasteiger partial charge in [0, 0.05) is 15.7 Å². The van der Waals surface area contributed by atoms with Gasteiger partial charge in [0.05, 0.1) is 6.10 Å². The molecular weight excluding hydrogens is 176 g/mol. The quantitative estimate of drug-likeness (QED) is 0.669. The third-order valence-electron chi connectivity index (χ3n) is 1.79. The van der Waals surface area contributed by atoms with E-state index in [4.69, 9.17) is 0 Å². The molecule has 1 unspecified atom stereocenters. The SMILES string of the molecule is CC(O)[C@H](C)S[C@H](C)[C@@H](C)S. The van der Waals surface area contributed by atoms with Crippen molar-refractivity contribution < 1.29 is 5.11 Å². The summed E-state index contributed by atoms with van der Waals surface area (Å²) in [5.74, 6) is 0. The van der Waals surface area contributed by atoms with Crippen LogP contribution in [0.25, 0.3) is 0 Å². The van der Waals surface area contributed by atoms with Crippen LogP contribution in [0.5, 0.6) is 0 Å². The van der Waals surface area contributed by atoms with Crippen LogP contribution < -0.4 is 0 Å². The number of rotatable bonds is 4. The molecule has 0 heterocycles. The zero-order valence-electron chi connectivity index (χ0n) is 7.61. The van der Waals surface area contributed by atoms with Crippen LogP contribution >= 0.6 is 24.4 Å². The van der Waals surface area contributed by atoms with Crippen LogP contribution in [0, 0.1) is 0 Å². The average Bonchev–Trinajstić information content (AvgIpc) is 1.87. The van der Waals surface area contributed by atoms with E-state index in [1.54, 1.807) is 11.8 Å². The van der Waals surface area contributed by atoms with Crippen LogP contribution in [-0.2, 0) is 0 Å². The molecule has 0 amide bonds. The molecule has 0 aliphatic carbocycles. The summed E-state index contributed by atoms with van der Waals surface area (Å²) in [5.41, 5.74) is 0. The number of thiol groups is 1. The van der Waals surface area contributed by atoms with E-state index in [-0.39, 0.29) is 6.10 Å². The molecule has 11 heavy (non-hydrogen) atoms. The van der Waals surface area contributed by atoms with Crippen molar-refractivity contribution >= 4 is 24.4 Å². The average molecular weight is 194 g/mol. The molecule has 0 spiro atoms. The van der Waals surface area contributed by atoms with Gasteiger partial charge in [0.1, 0.15) is 0 Å². The zero-order valence-corrected chi connectivity index (χ0v) is 9.32. The lowest BCUT2D eigenvalue weighted by Gasteiger charge is -2.21. The van der Waals surface area contributed by atoms with E-state index < -0.39 is 0 Å². The minimum absolute atomic E-state index is 0.227. The molecule has 0 fully saturated rings. The van der Waals surface area contributed by atoms with Crippen molar-refractivity contribution in [2.75, 3.05) is 0 Å². The van der Waals surface area contributed by atoms with Crippen LogP contribution in [0.4, 0.5) is 0 Å². The molecule has 68 valence electrons. The third kappa shape index (κ3) is 4.99. The Morgan fingerprint density at radius 1 is 1.09 bits per heavy atom. The minimum atomic E-state index is -0.227. The maximum Gasteiger partial charge on any atom is 0.0628 e. The topological polar surface area (TPSA) is 20.2 Å². The number of hydrogen-bond acceptors (Lipinski definition) is 3. The Balaban J connectivity index is 3.66. The fraction of sp³-hybridized carbons (Fsp3) is 1.00. The van der Waals surface area contributed by atoms with Gasteiger partial charge in [-0.05, 0) is 6.92 Å². The summed E-state index contributed by atoms with van der Waals surface area (Å²) < 4.78 is 0. The van der Waals surface area contributed by atoms with E-state index in [9.17, 15) is 5.11 Å². The highest BCUT2D eigenvalue weighted by Gasteiger charge is 2.15. The molecule has 0 bridgehead atoms. The van der Waals surface area contributed by atoms with Gasteiger partial charge in [-0.1, -0.05) is 20.8 Å². The van der Waals surface area contributed by atoms with Crippen molar-refractivity contribution in [3.8, 4) is 0 Å². The first-order chi connectivity index (χ1) is 4.95. The predicted molar refractivity (Wildman–Crippen MR) is 56.6 cm³/mol. The fourth-order valence-electron chi connectivity index (χ4n) is 0.566. The Kier molecular flexibility index (Phi) is 5.65. The molecule has 0 saturated heterocycles. The summed E-state index contributed by atoms with van der Waals surface area (Å²) >= 11 is 6.12. The lowest BCUT2D eigenvalue weighted by Crippen LogP contribution is -2.21. The first-order valence-electron chi connectivity index (χ1n) is 3.96. The van der Waals surface area contributed by atoms with Gasteiger partial charge in [-0.2, -0.15) is 24.4 Å². The Bertz CT molecular complexity index is 92.3. The second kappa shape index (κ2) is 5.33. The van der Waals surface area contributed by atoms with Gasteiger partial charge in [-0.15, -0.1) is 0 Å². The van der Waals surface area contributed by atoms with Crippen LogP contribution in [0.2, 0.25) is 0 Å². The molecule has 1 N–H and O–H groups in total. The predicted octanol–water partition coefficient (Wildman–Crippen LogP) is 2.20. The van der Waals surface area contributed by atoms with Gasteiger partial charge in [0.15, 0.2) is 0 Å². The molecule has 0 rings (SSSR count). The van der Waals surface area contributed by atoms with Gasteiger partial charge >= 0.3 is 0 Å². The van der Waals surface area contributed by atoms with E-state index in [1.807, 2.05) is 13.8 Å². The standard InChI is InChI=1S/C8H18OS2/c1-5(9)7(3)11-8(4)6(2)10/h5-10H,1-4H3/t5?,6-,7+,8-/m1/s1. The summed E-state index contributed by atoms with van der Waals surface area (Å²) in [6.45, 7) is 8.09. The van der Waals surface area contributed by atoms with Crippen molar-refractivity contribution in [1.29, 1.82) is 0 Å². The highest BCUT2D eigenvalue weighted by molar-refractivity contribution is 8.01. The van der Waals surface area contributed by atoms with Crippen LogP contribution in [0.15, 0.2) is 0 Å². The Labute approximate surface area is 79.4 Å². The lowest BCUT2D eigenvalue weighted by atomic mass is 10.3. The largest absolute Gasteiger partial charge is 0.392 e. The smallest absolute Gasteiger partial charge is 0.0628 e. The number of aliphatic hydroxyl groups is 1. The van der Waals surface area contributed by atoms with Crippen molar-refractivity contribution in [3.05, 3.63) is 0 Å². The number of aliphatic hydroxyl groups excluding tert-OH is 1. The number of thioether (sulfide) groups is 1. The molecular formula is C8H18OS2. The molecule has 0 aromatic rings. The maximum absolute atomic E-state index is 9.21. The molecule has 0 aliphatic heterocycles. The van der Waals surface area contributed by atoms with Crippen molar-refractivity contribution in [2.24, 2.45) is 0 Å². The summed E-state index contributed by atoms with van der Waals surface area (Å²) in [5, 5.41) is 10.4. The third-order valence-corrected chi connectivity index (χ3v) is 4.10. The summed E-state index contributed by atoms with van der Waals surface area (Å²) in [6, 6.07) is 0. The van der Waals surface area contributed by atoms with Crippen molar-refractivity contribution in [2.45, 2.75) is 49.5 Å². The Morgan fingerprint density at radius 2 is 1.55 bits per heavy atom. The second-order valence-electron chi connectivity index (χ2n) is 3.03. The Morgan fingerprint density at radius 3 is 1.82 bits per heavy atom. The first-order valence-corrected chi connectivity index (χ1v) is 5.42. The molecule has 3 heteroatoms. The summed E-state index contributed by atoms with van der Waals surface area (Å²) in [6.07, 6.45) is -0.227. The fourth-order valence-corrected chi connectivity index (χ4v) is 1.91. The van der Waals surface area contributed by atoms with Crippen LogP contribution in [0.3, 0.4) is 0 Å².